The van der Waals surface area contributed by atoms with Crippen LogP contribution in [0.1, 0.15) is 108 Å². The lowest BCUT2D eigenvalue weighted by molar-refractivity contribution is -0.0150. The second kappa shape index (κ2) is 6.31. The van der Waals surface area contributed by atoms with E-state index in [9.17, 15) is 0 Å². The van der Waals surface area contributed by atoms with Crippen LogP contribution in [0.15, 0.2) is 0 Å². The maximum absolute atomic E-state index is 2.60. The van der Waals surface area contributed by atoms with Crippen LogP contribution in [0.2, 0.25) is 0 Å². The molecule has 24 heavy (non-hydrogen) atoms. The fraction of sp³-hybridized carbons (Fsp3) is 1.00. The van der Waals surface area contributed by atoms with Gasteiger partial charge in [-0.05, 0) is 83.9 Å². The number of rotatable bonds is 3. The lowest BCUT2D eigenvalue weighted by atomic mass is 9.54. The molecule has 4 unspecified atom stereocenters. The second-order valence-electron chi connectivity index (χ2n) is 12.6. The van der Waals surface area contributed by atoms with E-state index in [1.807, 2.05) is 0 Å². The molecule has 0 heteroatoms. The minimum absolute atomic E-state index is 0.449. The summed E-state index contributed by atoms with van der Waals surface area (Å²) in [4.78, 5) is 0. The van der Waals surface area contributed by atoms with Gasteiger partial charge in [0, 0.05) is 0 Å². The van der Waals surface area contributed by atoms with Gasteiger partial charge in [-0.15, -0.1) is 0 Å². The fourth-order valence-corrected chi connectivity index (χ4v) is 5.90. The predicted molar refractivity (Wildman–Crippen MR) is 108 cm³/mol. The molecule has 0 heterocycles. The minimum Gasteiger partial charge on any atom is -0.0599 e. The molecule has 2 aliphatic rings. The summed E-state index contributed by atoms with van der Waals surface area (Å²) in [7, 11) is 0. The summed E-state index contributed by atoms with van der Waals surface area (Å²) in [6, 6.07) is 0. The van der Waals surface area contributed by atoms with Crippen molar-refractivity contribution in [2.24, 2.45) is 45.3 Å². The van der Waals surface area contributed by atoms with E-state index in [4.69, 9.17) is 0 Å². The van der Waals surface area contributed by atoms with Crippen molar-refractivity contribution < 1.29 is 0 Å². The molecule has 0 radical (unpaired) electrons. The Balaban J connectivity index is 2.11. The van der Waals surface area contributed by atoms with E-state index < -0.39 is 0 Å². The Morgan fingerprint density at radius 2 is 0.667 bits per heavy atom. The zero-order chi connectivity index (χ0) is 18.6. The van der Waals surface area contributed by atoms with Crippen molar-refractivity contribution in [1.82, 2.24) is 0 Å². The average molecular weight is 335 g/mol. The number of hydrogen-bond acceptors (Lipinski definition) is 0. The van der Waals surface area contributed by atoms with E-state index in [1.54, 1.807) is 0 Å². The van der Waals surface area contributed by atoms with Crippen LogP contribution in [0.4, 0.5) is 0 Å². The molecule has 0 saturated heterocycles. The third kappa shape index (κ3) is 3.73. The first-order valence-electron chi connectivity index (χ1n) is 10.7. The van der Waals surface area contributed by atoms with Gasteiger partial charge in [0.1, 0.15) is 0 Å². The molecule has 142 valence electrons. The average Bonchev–Trinajstić information content (AvgIpc) is 3.07. The Morgan fingerprint density at radius 1 is 0.417 bits per heavy atom. The second-order valence-corrected chi connectivity index (χ2v) is 12.6. The largest absolute Gasteiger partial charge is 0.0599 e. The van der Waals surface area contributed by atoms with Crippen molar-refractivity contribution in [3.63, 3.8) is 0 Å². The zero-order valence-corrected chi connectivity index (χ0v) is 18.6. The summed E-state index contributed by atoms with van der Waals surface area (Å²) in [6.07, 6.45) is 8.71. The summed E-state index contributed by atoms with van der Waals surface area (Å²) in [5.74, 6) is 3.66. The molecule has 0 aliphatic heterocycles. The SMILES string of the molecule is CC(C)(C)C1CCC(C(C)(C)C(C)(C)C2CCC(C(C)(C)C)C2)C1. The molecule has 2 fully saturated rings. The van der Waals surface area contributed by atoms with Gasteiger partial charge in [0.15, 0.2) is 0 Å². The topological polar surface area (TPSA) is 0 Å². The van der Waals surface area contributed by atoms with Gasteiger partial charge >= 0.3 is 0 Å². The molecule has 4 atom stereocenters. The van der Waals surface area contributed by atoms with Gasteiger partial charge in [0.2, 0.25) is 0 Å². The van der Waals surface area contributed by atoms with E-state index in [1.165, 1.54) is 38.5 Å². The van der Waals surface area contributed by atoms with Gasteiger partial charge in [-0.3, -0.25) is 0 Å². The Labute approximate surface area is 153 Å². The molecule has 0 aromatic rings. The van der Waals surface area contributed by atoms with E-state index in [2.05, 4.69) is 69.2 Å². The third-order valence-corrected chi connectivity index (χ3v) is 9.02. The Hall–Kier alpha value is 0. The van der Waals surface area contributed by atoms with E-state index >= 15 is 0 Å². The predicted octanol–water partition coefficient (Wildman–Crippen LogP) is 7.96. The quantitative estimate of drug-likeness (QED) is 0.491. The normalized spacial score (nSPS) is 33.2. The van der Waals surface area contributed by atoms with Gasteiger partial charge in [0.05, 0.1) is 0 Å². The summed E-state index contributed by atoms with van der Waals surface area (Å²) in [6.45, 7) is 25.1. The smallest absolute Gasteiger partial charge is 0.0272 e. The van der Waals surface area contributed by atoms with E-state index in [-0.39, 0.29) is 0 Å². The fourth-order valence-electron chi connectivity index (χ4n) is 5.90. The molecule has 0 aromatic heterocycles. The van der Waals surface area contributed by atoms with Crippen LogP contribution in [0.3, 0.4) is 0 Å². The first-order valence-corrected chi connectivity index (χ1v) is 10.7. The van der Waals surface area contributed by atoms with E-state index in [0.29, 0.717) is 21.7 Å². The lowest BCUT2D eigenvalue weighted by Gasteiger charge is -2.50. The van der Waals surface area contributed by atoms with Crippen molar-refractivity contribution in [1.29, 1.82) is 0 Å². The summed E-state index contributed by atoms with van der Waals surface area (Å²) in [5.41, 5.74) is 1.87. The van der Waals surface area contributed by atoms with Crippen molar-refractivity contribution in [3.8, 4) is 0 Å². The summed E-state index contributed by atoms with van der Waals surface area (Å²) < 4.78 is 0. The molecular weight excluding hydrogens is 288 g/mol. The highest BCUT2D eigenvalue weighted by molar-refractivity contribution is 5.01. The summed E-state index contributed by atoms with van der Waals surface area (Å²) >= 11 is 0. The molecule has 0 spiro atoms. The maximum atomic E-state index is 2.60. The molecule has 0 nitrogen and oxygen atoms in total. The molecule has 0 bridgehead atoms. The summed E-state index contributed by atoms with van der Waals surface area (Å²) in [5, 5.41) is 0. The highest BCUT2D eigenvalue weighted by Gasteiger charge is 2.52. The molecule has 2 aliphatic carbocycles. The van der Waals surface area contributed by atoms with Crippen LogP contribution in [0, 0.1) is 45.3 Å². The van der Waals surface area contributed by atoms with Gasteiger partial charge < -0.3 is 0 Å². The molecule has 0 aromatic carbocycles. The molecule has 0 N–H and O–H groups in total. The lowest BCUT2D eigenvalue weighted by Crippen LogP contribution is -2.43. The van der Waals surface area contributed by atoms with Crippen LogP contribution in [-0.2, 0) is 0 Å². The third-order valence-electron chi connectivity index (χ3n) is 9.02. The Kier molecular flexibility index (Phi) is 5.34. The molecule has 2 saturated carbocycles. The Bertz CT molecular complexity index is 384. The van der Waals surface area contributed by atoms with Gasteiger partial charge in [-0.25, -0.2) is 0 Å². The Morgan fingerprint density at radius 3 is 0.875 bits per heavy atom. The zero-order valence-electron chi connectivity index (χ0n) is 18.6. The monoisotopic (exact) mass is 334 g/mol. The van der Waals surface area contributed by atoms with Gasteiger partial charge in [0.25, 0.3) is 0 Å². The van der Waals surface area contributed by atoms with Crippen LogP contribution in [0.5, 0.6) is 0 Å². The maximum Gasteiger partial charge on any atom is -0.0272 e. The minimum atomic E-state index is 0.449. The molecule has 0 amide bonds. The van der Waals surface area contributed by atoms with Crippen LogP contribution < -0.4 is 0 Å². The molecular formula is C24H46. The van der Waals surface area contributed by atoms with Crippen molar-refractivity contribution in [3.05, 3.63) is 0 Å². The van der Waals surface area contributed by atoms with Crippen molar-refractivity contribution in [2.45, 2.75) is 108 Å². The van der Waals surface area contributed by atoms with E-state index in [0.717, 1.165) is 23.7 Å². The first-order chi connectivity index (χ1) is 10.7. The first kappa shape index (κ1) is 20.3. The number of hydrogen-bond donors (Lipinski definition) is 0. The standard InChI is InChI=1S/C24H46/c1-21(2,3)17-11-13-19(15-17)23(7,8)24(9,10)20-14-12-18(16-20)22(4,5)6/h17-20H,11-16H2,1-10H3. The molecule has 2 rings (SSSR count). The van der Waals surface area contributed by atoms with Crippen LogP contribution in [0.25, 0.3) is 0 Å². The van der Waals surface area contributed by atoms with Gasteiger partial charge in [-0.1, -0.05) is 69.2 Å². The van der Waals surface area contributed by atoms with Crippen molar-refractivity contribution in [2.75, 3.05) is 0 Å². The van der Waals surface area contributed by atoms with Crippen molar-refractivity contribution >= 4 is 0 Å². The van der Waals surface area contributed by atoms with Crippen LogP contribution >= 0.6 is 0 Å². The highest BCUT2D eigenvalue weighted by atomic mass is 14.6. The highest BCUT2D eigenvalue weighted by Crippen LogP contribution is 2.60. The van der Waals surface area contributed by atoms with Gasteiger partial charge in [-0.2, -0.15) is 0 Å². The van der Waals surface area contributed by atoms with Crippen LogP contribution in [-0.4, -0.2) is 0 Å².